The van der Waals surface area contributed by atoms with E-state index in [0.717, 1.165) is 34.2 Å². The number of rotatable bonds is 5. The highest BCUT2D eigenvalue weighted by Crippen LogP contribution is 2.22. The van der Waals surface area contributed by atoms with Gasteiger partial charge in [-0.2, -0.15) is 11.8 Å². The summed E-state index contributed by atoms with van der Waals surface area (Å²) < 4.78 is 0. The third kappa shape index (κ3) is 3.71. The Kier molecular flexibility index (Phi) is 5.13. The van der Waals surface area contributed by atoms with Crippen LogP contribution >= 0.6 is 11.8 Å². The van der Waals surface area contributed by atoms with Crippen LogP contribution in [0.15, 0.2) is 6.20 Å². The summed E-state index contributed by atoms with van der Waals surface area (Å²) in [6.07, 6.45) is 3.14. The van der Waals surface area contributed by atoms with Crippen LogP contribution in [0.4, 0.5) is 5.69 Å². The molecule has 16 heavy (non-hydrogen) atoms. The van der Waals surface area contributed by atoms with Crippen molar-refractivity contribution in [1.29, 1.82) is 0 Å². The summed E-state index contributed by atoms with van der Waals surface area (Å²) in [6, 6.07) is 0. The van der Waals surface area contributed by atoms with Crippen LogP contribution in [0.25, 0.3) is 0 Å². The van der Waals surface area contributed by atoms with Crippen molar-refractivity contribution < 1.29 is 0 Å². The number of pyridine rings is 1. The van der Waals surface area contributed by atoms with Gasteiger partial charge in [0.1, 0.15) is 0 Å². The van der Waals surface area contributed by atoms with Crippen LogP contribution in [0.1, 0.15) is 37.1 Å². The Morgan fingerprint density at radius 2 is 2.06 bits per heavy atom. The number of aryl methyl sites for hydroxylation is 1. The first-order valence-corrected chi connectivity index (χ1v) is 6.96. The molecule has 0 atom stereocenters. The van der Waals surface area contributed by atoms with E-state index in [2.05, 4.69) is 25.8 Å². The van der Waals surface area contributed by atoms with Crippen LogP contribution < -0.4 is 5.73 Å². The zero-order chi connectivity index (χ0) is 12.1. The minimum absolute atomic E-state index is 0.782. The summed E-state index contributed by atoms with van der Waals surface area (Å²) in [5, 5.41) is 0. The van der Waals surface area contributed by atoms with E-state index < -0.39 is 0 Å². The van der Waals surface area contributed by atoms with E-state index in [0.29, 0.717) is 0 Å². The Morgan fingerprint density at radius 1 is 1.38 bits per heavy atom. The molecule has 0 unspecified atom stereocenters. The number of anilines is 1. The molecule has 0 aliphatic rings. The van der Waals surface area contributed by atoms with Crippen LogP contribution in [-0.2, 0) is 5.75 Å². The fourth-order valence-corrected chi connectivity index (χ4v) is 2.69. The van der Waals surface area contributed by atoms with Crippen molar-refractivity contribution in [2.24, 2.45) is 5.92 Å². The number of hydrogen-bond donors (Lipinski definition) is 1. The molecule has 90 valence electrons. The summed E-state index contributed by atoms with van der Waals surface area (Å²) in [5.41, 5.74) is 10.2. The third-order valence-corrected chi connectivity index (χ3v) is 3.76. The van der Waals surface area contributed by atoms with Gasteiger partial charge in [0.2, 0.25) is 0 Å². The average Bonchev–Trinajstić information content (AvgIpc) is 2.23. The molecule has 1 rings (SSSR count). The minimum atomic E-state index is 0.782. The normalized spacial score (nSPS) is 11.1. The Morgan fingerprint density at radius 3 is 2.69 bits per heavy atom. The van der Waals surface area contributed by atoms with Gasteiger partial charge in [-0.1, -0.05) is 13.8 Å². The quantitative estimate of drug-likeness (QED) is 0.797. The lowest BCUT2D eigenvalue weighted by molar-refractivity contribution is 0.632. The van der Waals surface area contributed by atoms with Crippen molar-refractivity contribution in [2.75, 3.05) is 11.5 Å². The van der Waals surface area contributed by atoms with Gasteiger partial charge in [-0.25, -0.2) is 0 Å². The van der Waals surface area contributed by atoms with Crippen LogP contribution in [0.3, 0.4) is 0 Å². The van der Waals surface area contributed by atoms with Crippen LogP contribution in [-0.4, -0.2) is 10.7 Å². The highest BCUT2D eigenvalue weighted by atomic mass is 32.2. The monoisotopic (exact) mass is 238 g/mol. The molecule has 0 fully saturated rings. The molecule has 0 aliphatic heterocycles. The fraction of sp³-hybridized carbons (Fsp3) is 0.615. The molecule has 1 heterocycles. The summed E-state index contributed by atoms with van der Waals surface area (Å²) in [6.45, 7) is 8.58. The predicted octanol–water partition coefficient (Wildman–Crippen LogP) is 3.56. The van der Waals surface area contributed by atoms with Gasteiger partial charge in [0.05, 0.1) is 5.69 Å². The highest BCUT2D eigenvalue weighted by Gasteiger charge is 2.06. The Balaban J connectivity index is 2.52. The van der Waals surface area contributed by atoms with E-state index in [9.17, 15) is 0 Å². The maximum Gasteiger partial charge on any atom is 0.0552 e. The van der Waals surface area contributed by atoms with Gasteiger partial charge < -0.3 is 5.73 Å². The molecule has 0 bridgehead atoms. The summed E-state index contributed by atoms with van der Waals surface area (Å²) in [5.74, 6) is 2.96. The van der Waals surface area contributed by atoms with Gasteiger partial charge >= 0.3 is 0 Å². The molecule has 0 radical (unpaired) electrons. The van der Waals surface area contributed by atoms with Crippen LogP contribution in [0.2, 0.25) is 0 Å². The number of nitrogens with two attached hydrogens (primary N) is 1. The molecular formula is C13H22N2S. The molecule has 0 saturated heterocycles. The second-order valence-corrected chi connectivity index (χ2v) is 5.77. The summed E-state index contributed by atoms with van der Waals surface area (Å²) in [4.78, 5) is 4.45. The standard InChI is InChI=1S/C13H22N2S/c1-9(2)5-6-16-8-12-11(4)13(14)10(3)7-15-12/h7,9H,5-6,8H2,1-4H3,(H2,14,15). The maximum absolute atomic E-state index is 5.99. The van der Waals surface area contributed by atoms with Crippen molar-refractivity contribution in [2.45, 2.75) is 39.9 Å². The van der Waals surface area contributed by atoms with Crippen molar-refractivity contribution in [3.05, 3.63) is 23.0 Å². The zero-order valence-electron chi connectivity index (χ0n) is 10.7. The molecule has 1 aromatic rings. The van der Waals surface area contributed by atoms with E-state index in [1.807, 2.05) is 24.9 Å². The first kappa shape index (κ1) is 13.4. The van der Waals surface area contributed by atoms with Crippen molar-refractivity contribution in [3.8, 4) is 0 Å². The van der Waals surface area contributed by atoms with E-state index in [1.54, 1.807) is 0 Å². The molecule has 0 aliphatic carbocycles. The first-order valence-electron chi connectivity index (χ1n) is 5.80. The summed E-state index contributed by atoms with van der Waals surface area (Å²) >= 11 is 1.95. The molecule has 1 aromatic heterocycles. The van der Waals surface area contributed by atoms with Crippen molar-refractivity contribution >= 4 is 17.4 Å². The van der Waals surface area contributed by atoms with Crippen LogP contribution in [0.5, 0.6) is 0 Å². The lowest BCUT2D eigenvalue weighted by Gasteiger charge is -2.10. The second-order valence-electron chi connectivity index (χ2n) is 4.66. The van der Waals surface area contributed by atoms with Crippen molar-refractivity contribution in [1.82, 2.24) is 4.98 Å². The number of hydrogen-bond acceptors (Lipinski definition) is 3. The molecule has 0 amide bonds. The molecule has 0 spiro atoms. The van der Waals surface area contributed by atoms with Gasteiger partial charge in [0, 0.05) is 17.6 Å². The van der Waals surface area contributed by atoms with Gasteiger partial charge in [0.15, 0.2) is 0 Å². The SMILES string of the molecule is Cc1cnc(CSCCC(C)C)c(C)c1N. The van der Waals surface area contributed by atoms with Gasteiger partial charge in [0.25, 0.3) is 0 Å². The zero-order valence-corrected chi connectivity index (χ0v) is 11.5. The lowest BCUT2D eigenvalue weighted by atomic mass is 10.1. The Bertz CT molecular complexity index is 348. The molecule has 0 saturated carbocycles. The Labute approximate surface area is 103 Å². The molecule has 2 nitrogen and oxygen atoms in total. The molecule has 3 heteroatoms. The molecule has 2 N–H and O–H groups in total. The molecule has 0 aromatic carbocycles. The van der Waals surface area contributed by atoms with E-state index >= 15 is 0 Å². The molecular weight excluding hydrogens is 216 g/mol. The number of thioether (sulfide) groups is 1. The lowest BCUT2D eigenvalue weighted by Crippen LogP contribution is -2.01. The van der Waals surface area contributed by atoms with E-state index in [1.165, 1.54) is 12.2 Å². The van der Waals surface area contributed by atoms with E-state index in [4.69, 9.17) is 5.73 Å². The van der Waals surface area contributed by atoms with Crippen LogP contribution in [0, 0.1) is 19.8 Å². The largest absolute Gasteiger partial charge is 0.398 e. The maximum atomic E-state index is 5.99. The van der Waals surface area contributed by atoms with Gasteiger partial charge in [-0.15, -0.1) is 0 Å². The fourth-order valence-electron chi connectivity index (χ4n) is 1.43. The average molecular weight is 238 g/mol. The second kappa shape index (κ2) is 6.14. The number of aromatic nitrogens is 1. The minimum Gasteiger partial charge on any atom is -0.398 e. The smallest absolute Gasteiger partial charge is 0.0552 e. The van der Waals surface area contributed by atoms with Crippen molar-refractivity contribution in [3.63, 3.8) is 0 Å². The van der Waals surface area contributed by atoms with Gasteiger partial charge in [-0.05, 0) is 43.1 Å². The Hall–Kier alpha value is -0.700. The topological polar surface area (TPSA) is 38.9 Å². The number of nitrogen functional groups attached to an aromatic ring is 1. The number of nitrogens with zero attached hydrogens (tertiary/aromatic N) is 1. The predicted molar refractivity (Wildman–Crippen MR) is 73.7 cm³/mol. The van der Waals surface area contributed by atoms with Gasteiger partial charge in [-0.3, -0.25) is 4.98 Å². The van der Waals surface area contributed by atoms with E-state index in [-0.39, 0.29) is 0 Å². The summed E-state index contributed by atoms with van der Waals surface area (Å²) in [7, 11) is 0. The third-order valence-electron chi connectivity index (χ3n) is 2.75. The first-order chi connectivity index (χ1) is 7.52. The highest BCUT2D eigenvalue weighted by molar-refractivity contribution is 7.98.